The molecule has 1 atom stereocenters. The highest BCUT2D eigenvalue weighted by Gasteiger charge is 2.31. The van der Waals surface area contributed by atoms with Crippen molar-refractivity contribution in [2.45, 2.75) is 25.3 Å². The summed E-state index contributed by atoms with van der Waals surface area (Å²) in [5.74, 6) is 1.45. The lowest BCUT2D eigenvalue weighted by atomic mass is 9.83. The summed E-state index contributed by atoms with van der Waals surface area (Å²) in [6, 6.07) is 0.497. The van der Waals surface area contributed by atoms with Crippen molar-refractivity contribution >= 4 is 23.4 Å². The van der Waals surface area contributed by atoms with Gasteiger partial charge in [-0.25, -0.2) is 0 Å². The molecule has 0 amide bonds. The Morgan fingerprint density at radius 2 is 2.36 bits per heavy atom. The highest BCUT2D eigenvalue weighted by molar-refractivity contribution is 7.99. The fourth-order valence-electron chi connectivity index (χ4n) is 1.59. The number of carboxylic acid groups (broad SMARTS) is 1. The Morgan fingerprint density at radius 1 is 1.57 bits per heavy atom. The largest absolute Gasteiger partial charge is 0.481 e. The highest BCUT2D eigenvalue weighted by Crippen LogP contribution is 2.24. The Kier molecular flexibility index (Phi) is 2.96. The van der Waals surface area contributed by atoms with Crippen LogP contribution in [0, 0.1) is 5.92 Å². The number of carboxylic acids is 1. The summed E-state index contributed by atoms with van der Waals surface area (Å²) in [6.45, 7) is 0. The first-order valence-corrected chi connectivity index (χ1v) is 6.02. The van der Waals surface area contributed by atoms with Crippen molar-refractivity contribution < 1.29 is 9.90 Å². The molecule has 0 aromatic heterocycles. The second-order valence-electron chi connectivity index (χ2n) is 3.81. The molecule has 2 N–H and O–H groups in total. The van der Waals surface area contributed by atoms with E-state index in [0.717, 1.165) is 11.5 Å². The molecule has 1 saturated carbocycles. The van der Waals surface area contributed by atoms with Crippen molar-refractivity contribution in [3.63, 3.8) is 0 Å². The van der Waals surface area contributed by atoms with E-state index in [4.69, 9.17) is 5.11 Å². The van der Waals surface area contributed by atoms with Crippen LogP contribution in [0.25, 0.3) is 0 Å². The Hall–Kier alpha value is -0.710. The molecule has 0 bridgehead atoms. The lowest BCUT2D eigenvalue weighted by Crippen LogP contribution is -2.34. The van der Waals surface area contributed by atoms with E-state index < -0.39 is 5.97 Å². The summed E-state index contributed by atoms with van der Waals surface area (Å²) in [5, 5.41) is 12.9. The zero-order valence-corrected chi connectivity index (χ0v) is 8.72. The topological polar surface area (TPSA) is 61.7 Å². The summed E-state index contributed by atoms with van der Waals surface area (Å²) < 4.78 is 0. The maximum Gasteiger partial charge on any atom is 0.307 e. The van der Waals surface area contributed by atoms with Crippen LogP contribution in [0.2, 0.25) is 0 Å². The van der Waals surface area contributed by atoms with Crippen molar-refractivity contribution in [2.24, 2.45) is 11.0 Å². The van der Waals surface area contributed by atoms with Gasteiger partial charge in [0.1, 0.15) is 0 Å². The summed E-state index contributed by atoms with van der Waals surface area (Å²) >= 11 is 1.94. The van der Waals surface area contributed by atoms with Crippen LogP contribution in [0.4, 0.5) is 0 Å². The molecule has 0 spiro atoms. The maximum atomic E-state index is 10.5. The third kappa shape index (κ3) is 2.20. The van der Waals surface area contributed by atoms with E-state index in [1.54, 1.807) is 0 Å². The van der Waals surface area contributed by atoms with Crippen LogP contribution < -0.4 is 5.43 Å². The number of aliphatic carboxylic acids is 1. The highest BCUT2D eigenvalue weighted by atomic mass is 32.2. The van der Waals surface area contributed by atoms with Gasteiger partial charge in [0.05, 0.1) is 12.0 Å². The van der Waals surface area contributed by atoms with Crippen LogP contribution in [0.5, 0.6) is 0 Å². The Labute approximate surface area is 87.1 Å². The quantitative estimate of drug-likeness (QED) is 0.686. The summed E-state index contributed by atoms with van der Waals surface area (Å²) in [6.07, 6.45) is 2.42. The molecule has 78 valence electrons. The van der Waals surface area contributed by atoms with Crippen molar-refractivity contribution in [1.29, 1.82) is 0 Å². The molecule has 14 heavy (non-hydrogen) atoms. The van der Waals surface area contributed by atoms with Crippen LogP contribution >= 0.6 is 11.8 Å². The smallest absolute Gasteiger partial charge is 0.307 e. The van der Waals surface area contributed by atoms with Gasteiger partial charge >= 0.3 is 5.97 Å². The number of thioether (sulfide) groups is 1. The lowest BCUT2D eigenvalue weighted by molar-refractivity contribution is -0.142. The molecule has 1 aliphatic heterocycles. The van der Waals surface area contributed by atoms with Gasteiger partial charge in [-0.3, -0.25) is 4.79 Å². The minimum Gasteiger partial charge on any atom is -0.481 e. The Balaban J connectivity index is 1.70. The molecule has 4 nitrogen and oxygen atoms in total. The van der Waals surface area contributed by atoms with E-state index in [9.17, 15) is 4.79 Å². The normalized spacial score (nSPS) is 31.0. The third-order valence-electron chi connectivity index (χ3n) is 2.65. The molecule has 2 fully saturated rings. The number of hydrazone groups is 1. The predicted molar refractivity (Wildman–Crippen MR) is 56.7 cm³/mol. The van der Waals surface area contributed by atoms with Gasteiger partial charge in [0.15, 0.2) is 0 Å². The summed E-state index contributed by atoms with van der Waals surface area (Å²) in [5.41, 5.74) is 4.13. The molecule has 1 heterocycles. The van der Waals surface area contributed by atoms with Gasteiger partial charge in [0.2, 0.25) is 0 Å². The molecule has 1 saturated heterocycles. The monoisotopic (exact) mass is 214 g/mol. The second-order valence-corrected chi connectivity index (χ2v) is 4.96. The second kappa shape index (κ2) is 4.21. The molecule has 2 rings (SSSR count). The number of nitrogens with one attached hydrogen (secondary N) is 1. The molecule has 0 aromatic carbocycles. The van der Waals surface area contributed by atoms with Crippen LogP contribution in [0.1, 0.15) is 19.3 Å². The minimum atomic E-state index is -0.694. The van der Waals surface area contributed by atoms with E-state index in [2.05, 4.69) is 10.5 Å². The fourth-order valence-corrected chi connectivity index (χ4v) is 2.74. The van der Waals surface area contributed by atoms with E-state index in [-0.39, 0.29) is 5.92 Å². The zero-order valence-electron chi connectivity index (χ0n) is 7.90. The van der Waals surface area contributed by atoms with Gasteiger partial charge in [-0.15, -0.1) is 0 Å². The van der Waals surface area contributed by atoms with Gasteiger partial charge in [-0.1, -0.05) is 0 Å². The first-order chi connectivity index (χ1) is 6.75. The third-order valence-corrected chi connectivity index (χ3v) is 3.81. The average Bonchev–Trinajstić information content (AvgIpc) is 2.52. The fraction of sp³-hybridized carbons (Fsp3) is 0.778. The van der Waals surface area contributed by atoms with E-state index >= 15 is 0 Å². The number of carbonyl (C=O) groups is 1. The van der Waals surface area contributed by atoms with E-state index in [1.165, 1.54) is 12.2 Å². The van der Waals surface area contributed by atoms with Gasteiger partial charge in [-0.2, -0.15) is 16.9 Å². The summed E-state index contributed by atoms with van der Waals surface area (Å²) in [4.78, 5) is 10.5. The predicted octanol–water partition coefficient (Wildman–Crippen LogP) is 0.932. The van der Waals surface area contributed by atoms with Crippen molar-refractivity contribution in [1.82, 2.24) is 5.43 Å². The molecule has 0 aromatic rings. The van der Waals surface area contributed by atoms with E-state index in [1.807, 2.05) is 11.8 Å². The van der Waals surface area contributed by atoms with Gasteiger partial charge in [0, 0.05) is 24.3 Å². The lowest BCUT2D eigenvalue weighted by Gasteiger charge is -2.24. The SMILES string of the molecule is O=C(O)C1CC(=NNC2CCSC2)C1. The first-order valence-electron chi connectivity index (χ1n) is 4.87. The minimum absolute atomic E-state index is 0.187. The van der Waals surface area contributed by atoms with Crippen molar-refractivity contribution in [3.05, 3.63) is 0 Å². The standard InChI is InChI=1S/C9H14N2O2S/c12-9(13)6-3-8(4-6)11-10-7-1-2-14-5-7/h6-7,10H,1-5H2,(H,12,13). The number of nitrogens with zero attached hydrogens (tertiary/aromatic N) is 1. The van der Waals surface area contributed by atoms with Gasteiger partial charge < -0.3 is 10.5 Å². The zero-order chi connectivity index (χ0) is 9.97. The van der Waals surface area contributed by atoms with Crippen molar-refractivity contribution in [3.8, 4) is 0 Å². The maximum absolute atomic E-state index is 10.5. The van der Waals surface area contributed by atoms with Crippen molar-refractivity contribution in [2.75, 3.05) is 11.5 Å². The number of rotatable bonds is 3. The average molecular weight is 214 g/mol. The molecule has 5 heteroatoms. The summed E-state index contributed by atoms with van der Waals surface area (Å²) in [7, 11) is 0. The molecule has 1 aliphatic carbocycles. The number of hydrogen-bond acceptors (Lipinski definition) is 4. The number of hydrogen-bond donors (Lipinski definition) is 2. The first kappa shape index (κ1) is 9.83. The van der Waals surface area contributed by atoms with E-state index in [0.29, 0.717) is 18.9 Å². The molecular formula is C9H14N2O2S. The van der Waals surface area contributed by atoms with Gasteiger partial charge in [-0.05, 0) is 12.2 Å². The molecule has 1 unspecified atom stereocenters. The molecule has 2 aliphatic rings. The van der Waals surface area contributed by atoms with Crippen LogP contribution in [0.3, 0.4) is 0 Å². The van der Waals surface area contributed by atoms with Gasteiger partial charge in [0.25, 0.3) is 0 Å². The van der Waals surface area contributed by atoms with Crippen LogP contribution in [-0.4, -0.2) is 34.3 Å². The molecule has 0 radical (unpaired) electrons. The van der Waals surface area contributed by atoms with Crippen LogP contribution in [-0.2, 0) is 4.79 Å². The molecular weight excluding hydrogens is 200 g/mol. The Bertz CT molecular complexity index is 254. The van der Waals surface area contributed by atoms with Crippen LogP contribution in [0.15, 0.2) is 5.10 Å². The Morgan fingerprint density at radius 3 is 2.93 bits per heavy atom.